The Labute approximate surface area is 119 Å². The van der Waals surface area contributed by atoms with Crippen LogP contribution in [0.25, 0.3) is 0 Å². The van der Waals surface area contributed by atoms with Crippen LogP contribution in [-0.4, -0.2) is 12.0 Å². The summed E-state index contributed by atoms with van der Waals surface area (Å²) in [5.74, 6) is -1.02. The highest BCUT2D eigenvalue weighted by Gasteiger charge is 2.17. The lowest BCUT2D eigenvalue weighted by atomic mass is 10.1. The SMILES string of the molecule is COc1ccc(F)c(NCc2cccc([N+](=O)[O-])c2F)c1. The van der Waals surface area contributed by atoms with Gasteiger partial charge in [0.05, 0.1) is 17.7 Å². The molecule has 0 aliphatic carbocycles. The van der Waals surface area contributed by atoms with Gasteiger partial charge in [0.2, 0.25) is 5.82 Å². The lowest BCUT2D eigenvalue weighted by molar-refractivity contribution is -0.387. The van der Waals surface area contributed by atoms with Gasteiger partial charge >= 0.3 is 5.69 Å². The van der Waals surface area contributed by atoms with Gasteiger partial charge in [-0.25, -0.2) is 4.39 Å². The number of halogens is 2. The third kappa shape index (κ3) is 3.25. The van der Waals surface area contributed by atoms with Crippen molar-refractivity contribution in [2.24, 2.45) is 0 Å². The molecule has 21 heavy (non-hydrogen) atoms. The summed E-state index contributed by atoms with van der Waals surface area (Å²) in [7, 11) is 1.44. The molecule has 0 aromatic heterocycles. The van der Waals surface area contributed by atoms with E-state index < -0.39 is 22.2 Å². The zero-order valence-corrected chi connectivity index (χ0v) is 11.1. The van der Waals surface area contributed by atoms with Crippen molar-refractivity contribution in [3.63, 3.8) is 0 Å². The van der Waals surface area contributed by atoms with Crippen molar-refractivity contribution in [1.29, 1.82) is 0 Å². The van der Waals surface area contributed by atoms with Gasteiger partial charge < -0.3 is 10.1 Å². The number of nitrogens with zero attached hydrogens (tertiary/aromatic N) is 1. The van der Waals surface area contributed by atoms with E-state index >= 15 is 0 Å². The highest BCUT2D eigenvalue weighted by atomic mass is 19.1. The highest BCUT2D eigenvalue weighted by molar-refractivity contribution is 5.50. The Morgan fingerprint density at radius 3 is 2.71 bits per heavy atom. The number of nitro groups is 1. The highest BCUT2D eigenvalue weighted by Crippen LogP contribution is 2.24. The topological polar surface area (TPSA) is 64.4 Å². The maximum atomic E-state index is 13.9. The number of methoxy groups -OCH3 is 1. The van der Waals surface area contributed by atoms with Crippen LogP contribution < -0.4 is 10.1 Å². The Kier molecular flexibility index (Phi) is 4.32. The van der Waals surface area contributed by atoms with Gasteiger partial charge in [0.15, 0.2) is 0 Å². The molecule has 0 unspecified atom stereocenters. The maximum Gasteiger partial charge on any atom is 0.305 e. The zero-order chi connectivity index (χ0) is 15.4. The van der Waals surface area contributed by atoms with Crippen LogP contribution >= 0.6 is 0 Å². The second-order valence-electron chi connectivity index (χ2n) is 4.21. The van der Waals surface area contributed by atoms with Crippen molar-refractivity contribution in [1.82, 2.24) is 0 Å². The summed E-state index contributed by atoms with van der Waals surface area (Å²) in [4.78, 5) is 9.85. The van der Waals surface area contributed by atoms with Crippen molar-refractivity contribution in [2.75, 3.05) is 12.4 Å². The van der Waals surface area contributed by atoms with E-state index in [1.807, 2.05) is 0 Å². The standard InChI is InChI=1S/C14H12F2N2O3/c1-21-10-5-6-11(15)12(7-10)17-8-9-3-2-4-13(14(9)16)18(19)20/h2-7,17H,8H2,1H3. The first-order valence-electron chi connectivity index (χ1n) is 6.02. The van der Waals surface area contributed by atoms with E-state index in [1.165, 1.54) is 37.4 Å². The molecule has 2 aromatic carbocycles. The lowest BCUT2D eigenvalue weighted by Crippen LogP contribution is -2.05. The van der Waals surface area contributed by atoms with Gasteiger partial charge in [0.1, 0.15) is 11.6 Å². The van der Waals surface area contributed by atoms with Crippen LogP contribution in [0.1, 0.15) is 5.56 Å². The Hall–Kier alpha value is -2.70. The minimum absolute atomic E-state index is 0.0754. The molecule has 0 atom stereocenters. The largest absolute Gasteiger partial charge is 0.497 e. The van der Waals surface area contributed by atoms with E-state index in [-0.39, 0.29) is 17.8 Å². The van der Waals surface area contributed by atoms with Crippen molar-refractivity contribution >= 4 is 11.4 Å². The van der Waals surface area contributed by atoms with Gasteiger partial charge in [-0.05, 0) is 12.1 Å². The minimum Gasteiger partial charge on any atom is -0.497 e. The first-order valence-corrected chi connectivity index (χ1v) is 6.02. The summed E-state index contributed by atoms with van der Waals surface area (Å²) < 4.78 is 32.4. The molecule has 0 bridgehead atoms. The molecule has 110 valence electrons. The van der Waals surface area contributed by atoms with Gasteiger partial charge in [-0.1, -0.05) is 12.1 Å². The molecule has 2 rings (SSSR count). The molecule has 0 radical (unpaired) electrons. The third-order valence-electron chi connectivity index (χ3n) is 2.90. The fraction of sp³-hybridized carbons (Fsp3) is 0.143. The molecule has 0 saturated heterocycles. The normalized spacial score (nSPS) is 10.2. The molecule has 0 fully saturated rings. The smallest absolute Gasteiger partial charge is 0.305 e. The van der Waals surface area contributed by atoms with E-state index in [0.717, 1.165) is 6.07 Å². The fourth-order valence-electron chi connectivity index (χ4n) is 1.80. The lowest BCUT2D eigenvalue weighted by Gasteiger charge is -2.10. The Morgan fingerprint density at radius 2 is 2.05 bits per heavy atom. The third-order valence-corrected chi connectivity index (χ3v) is 2.90. The Morgan fingerprint density at radius 1 is 1.29 bits per heavy atom. The molecule has 2 aromatic rings. The predicted octanol–water partition coefficient (Wildman–Crippen LogP) is 3.49. The quantitative estimate of drug-likeness (QED) is 0.677. The Bertz CT molecular complexity index is 677. The predicted molar refractivity (Wildman–Crippen MR) is 73.3 cm³/mol. The number of benzene rings is 2. The number of nitrogens with one attached hydrogen (secondary N) is 1. The molecule has 0 spiro atoms. The number of ether oxygens (including phenoxy) is 1. The maximum absolute atomic E-state index is 13.9. The summed E-state index contributed by atoms with van der Waals surface area (Å²) in [6.45, 7) is -0.0857. The number of hydrogen-bond acceptors (Lipinski definition) is 4. The van der Waals surface area contributed by atoms with Gasteiger partial charge in [-0.2, -0.15) is 4.39 Å². The molecule has 0 aliphatic heterocycles. The summed E-state index contributed by atoms with van der Waals surface area (Å²) in [6.07, 6.45) is 0. The molecule has 0 saturated carbocycles. The van der Waals surface area contributed by atoms with Crippen molar-refractivity contribution < 1.29 is 18.4 Å². The summed E-state index contributed by atoms with van der Waals surface area (Å²) in [6, 6.07) is 7.93. The average Bonchev–Trinajstić information content (AvgIpc) is 2.47. The molecule has 0 heterocycles. The number of nitro benzene ring substituents is 1. The molecule has 1 N–H and O–H groups in total. The minimum atomic E-state index is -0.932. The molecular formula is C14H12F2N2O3. The average molecular weight is 294 g/mol. The van der Waals surface area contributed by atoms with Crippen LogP contribution in [0.3, 0.4) is 0 Å². The van der Waals surface area contributed by atoms with Crippen molar-refractivity contribution in [3.05, 3.63) is 63.7 Å². The van der Waals surface area contributed by atoms with E-state index in [2.05, 4.69) is 5.32 Å². The summed E-state index contributed by atoms with van der Waals surface area (Å²) in [5.41, 5.74) is -0.410. The van der Waals surface area contributed by atoms with E-state index in [9.17, 15) is 18.9 Å². The Balaban J connectivity index is 2.21. The number of hydrogen-bond donors (Lipinski definition) is 1. The van der Waals surface area contributed by atoms with E-state index in [1.54, 1.807) is 0 Å². The van der Waals surface area contributed by atoms with E-state index in [4.69, 9.17) is 4.74 Å². The summed E-state index contributed by atoms with van der Waals surface area (Å²) >= 11 is 0. The van der Waals surface area contributed by atoms with Crippen LogP contribution in [0.2, 0.25) is 0 Å². The first kappa shape index (κ1) is 14.7. The van der Waals surface area contributed by atoms with Gasteiger partial charge in [0, 0.05) is 24.2 Å². The monoisotopic (exact) mass is 294 g/mol. The summed E-state index contributed by atoms with van der Waals surface area (Å²) in [5, 5.41) is 13.3. The van der Waals surface area contributed by atoms with Crippen molar-refractivity contribution in [2.45, 2.75) is 6.54 Å². The fourth-order valence-corrected chi connectivity index (χ4v) is 1.80. The van der Waals surface area contributed by atoms with Gasteiger partial charge in [-0.15, -0.1) is 0 Å². The van der Waals surface area contributed by atoms with Gasteiger partial charge in [0.25, 0.3) is 0 Å². The molecule has 0 amide bonds. The van der Waals surface area contributed by atoms with E-state index in [0.29, 0.717) is 5.75 Å². The second-order valence-corrected chi connectivity index (χ2v) is 4.21. The zero-order valence-electron chi connectivity index (χ0n) is 11.1. The van der Waals surface area contributed by atoms with Crippen LogP contribution in [0.15, 0.2) is 36.4 Å². The second kappa shape index (κ2) is 6.17. The van der Waals surface area contributed by atoms with Crippen LogP contribution in [0, 0.1) is 21.7 Å². The molecular weight excluding hydrogens is 282 g/mol. The molecule has 7 heteroatoms. The first-order chi connectivity index (χ1) is 10.0. The number of rotatable bonds is 5. The van der Waals surface area contributed by atoms with Crippen LogP contribution in [0.5, 0.6) is 5.75 Å². The molecule has 5 nitrogen and oxygen atoms in total. The van der Waals surface area contributed by atoms with Gasteiger partial charge in [-0.3, -0.25) is 10.1 Å². The van der Waals surface area contributed by atoms with Crippen molar-refractivity contribution in [3.8, 4) is 5.75 Å². The van der Waals surface area contributed by atoms with Crippen LogP contribution in [0.4, 0.5) is 20.2 Å². The van der Waals surface area contributed by atoms with Crippen LogP contribution in [-0.2, 0) is 6.54 Å². The number of anilines is 1. The molecule has 0 aliphatic rings.